The number of carbonyl (C=O) groups excluding carboxylic acids is 1. The quantitative estimate of drug-likeness (QED) is 0.676. The van der Waals surface area contributed by atoms with Gasteiger partial charge in [-0.15, -0.1) is 0 Å². The maximum absolute atomic E-state index is 13.0. The van der Waals surface area contributed by atoms with Crippen molar-refractivity contribution in [1.82, 2.24) is 10.1 Å². The molecule has 1 fully saturated rings. The fourth-order valence-electron chi connectivity index (χ4n) is 3.65. The highest BCUT2D eigenvalue weighted by molar-refractivity contribution is 7.07. The van der Waals surface area contributed by atoms with E-state index in [1.165, 1.54) is 10.5 Å². The van der Waals surface area contributed by atoms with E-state index in [-0.39, 0.29) is 5.91 Å². The molecule has 0 bridgehead atoms. The Bertz CT molecular complexity index is 940. The van der Waals surface area contributed by atoms with Gasteiger partial charge >= 0.3 is 0 Å². The summed E-state index contributed by atoms with van der Waals surface area (Å²) in [4.78, 5) is 16.4. The summed E-state index contributed by atoms with van der Waals surface area (Å²) in [5.74, 6) is 1.51. The molecule has 1 amide bonds. The molecule has 1 aliphatic rings. The summed E-state index contributed by atoms with van der Waals surface area (Å²) in [5.41, 5.74) is 3.83. The van der Waals surface area contributed by atoms with Crippen molar-refractivity contribution in [3.8, 4) is 5.75 Å². The Morgan fingerprint density at radius 3 is 2.79 bits per heavy atom. The first-order valence-corrected chi connectivity index (χ1v) is 10.8. The lowest BCUT2D eigenvalue weighted by Gasteiger charge is -2.32. The molecule has 1 aliphatic heterocycles. The number of carbonyl (C=O) groups is 1. The van der Waals surface area contributed by atoms with E-state index in [2.05, 4.69) is 22.0 Å². The van der Waals surface area contributed by atoms with Crippen LogP contribution in [0.3, 0.4) is 0 Å². The van der Waals surface area contributed by atoms with Gasteiger partial charge in [0.1, 0.15) is 24.7 Å². The molecule has 0 atom stereocenters. The molecular weight excluding hydrogens is 386 g/mol. The molecule has 152 valence electrons. The Balaban J connectivity index is 1.34. The van der Waals surface area contributed by atoms with Crippen molar-refractivity contribution in [3.05, 3.63) is 69.2 Å². The highest BCUT2D eigenvalue weighted by Crippen LogP contribution is 2.19. The van der Waals surface area contributed by atoms with Crippen molar-refractivity contribution in [2.75, 3.05) is 26.2 Å². The lowest BCUT2D eigenvalue weighted by atomic mass is 10.1. The van der Waals surface area contributed by atoms with Crippen LogP contribution in [-0.4, -0.2) is 42.1 Å². The third-order valence-corrected chi connectivity index (χ3v) is 6.17. The van der Waals surface area contributed by atoms with Crippen LogP contribution >= 0.6 is 11.3 Å². The van der Waals surface area contributed by atoms with Gasteiger partial charge in [0.2, 0.25) is 0 Å². The minimum absolute atomic E-state index is 0.0716. The number of piperazine rings is 1. The normalized spacial score (nSPS) is 14.9. The predicted octanol–water partition coefficient (Wildman–Crippen LogP) is 2.47. The second-order valence-corrected chi connectivity index (χ2v) is 8.25. The van der Waals surface area contributed by atoms with E-state index < -0.39 is 0 Å². The van der Waals surface area contributed by atoms with Gasteiger partial charge in [0.15, 0.2) is 0 Å². The van der Waals surface area contributed by atoms with E-state index in [0.717, 1.165) is 49.7 Å². The second-order valence-electron chi connectivity index (χ2n) is 7.47. The number of ether oxygens (including phenoxy) is 1. The average Bonchev–Trinajstić information content (AvgIpc) is 3.36. The summed E-state index contributed by atoms with van der Waals surface area (Å²) in [6.45, 7) is 8.70. The minimum Gasteiger partial charge on any atom is -0.489 e. The zero-order valence-electron chi connectivity index (χ0n) is 16.8. The van der Waals surface area contributed by atoms with E-state index in [1.54, 1.807) is 11.3 Å². The van der Waals surface area contributed by atoms with Crippen LogP contribution in [0, 0.1) is 13.8 Å². The molecule has 1 N–H and O–H groups in total. The Morgan fingerprint density at radius 2 is 2.10 bits per heavy atom. The van der Waals surface area contributed by atoms with Crippen molar-refractivity contribution in [2.45, 2.75) is 27.0 Å². The molecule has 0 unspecified atom stereocenters. The molecule has 1 saturated heterocycles. The highest BCUT2D eigenvalue weighted by atomic mass is 32.1. The fraction of sp³-hybridized carbons (Fsp3) is 0.364. The lowest BCUT2D eigenvalue weighted by Crippen LogP contribution is -3.13. The van der Waals surface area contributed by atoms with E-state index in [9.17, 15) is 4.79 Å². The first-order valence-electron chi connectivity index (χ1n) is 9.88. The summed E-state index contributed by atoms with van der Waals surface area (Å²) < 4.78 is 11.1. The van der Waals surface area contributed by atoms with Gasteiger partial charge in [0, 0.05) is 11.1 Å². The van der Waals surface area contributed by atoms with Crippen molar-refractivity contribution in [3.63, 3.8) is 0 Å². The van der Waals surface area contributed by atoms with Gasteiger partial charge in [-0.2, -0.15) is 11.3 Å². The number of quaternary nitrogens is 1. The van der Waals surface area contributed by atoms with Crippen LogP contribution < -0.4 is 9.64 Å². The van der Waals surface area contributed by atoms with Crippen LogP contribution in [0.1, 0.15) is 32.9 Å². The molecule has 1 aromatic carbocycles. The molecule has 0 aliphatic carbocycles. The number of aryl methyl sites for hydroxylation is 2. The number of nitrogens with zero attached hydrogens (tertiary/aromatic N) is 2. The van der Waals surface area contributed by atoms with Crippen molar-refractivity contribution < 1.29 is 19.0 Å². The minimum atomic E-state index is 0.0716. The molecule has 3 aromatic rings. The third kappa shape index (κ3) is 4.68. The number of hydrogen-bond donors (Lipinski definition) is 1. The average molecular weight is 413 g/mol. The number of thiophene rings is 1. The number of benzene rings is 1. The summed E-state index contributed by atoms with van der Waals surface area (Å²) in [5, 5.41) is 8.27. The van der Waals surface area contributed by atoms with Crippen LogP contribution in [0.4, 0.5) is 0 Å². The Morgan fingerprint density at radius 1 is 1.28 bits per heavy atom. The van der Waals surface area contributed by atoms with Gasteiger partial charge in [-0.25, -0.2) is 0 Å². The fourth-order valence-corrected chi connectivity index (χ4v) is 4.32. The number of aromatic nitrogens is 1. The largest absolute Gasteiger partial charge is 0.489 e. The third-order valence-electron chi connectivity index (χ3n) is 5.44. The van der Waals surface area contributed by atoms with Crippen molar-refractivity contribution in [2.24, 2.45) is 0 Å². The number of amides is 1. The zero-order chi connectivity index (χ0) is 20.2. The standard InChI is InChI=1S/C22H25N3O3S/c1-16-21(17(2)28-23-16)14-27-20-5-3-4-19(12-20)22(26)25-9-7-24(8-10-25)13-18-6-11-29-15-18/h3-6,11-12,15H,7-10,13-14H2,1-2H3/p+1. The first-order chi connectivity index (χ1) is 14.1. The molecule has 6 nitrogen and oxygen atoms in total. The van der Waals surface area contributed by atoms with Crippen molar-refractivity contribution in [1.29, 1.82) is 0 Å². The number of rotatable bonds is 6. The van der Waals surface area contributed by atoms with Crippen LogP contribution in [0.2, 0.25) is 0 Å². The summed E-state index contributed by atoms with van der Waals surface area (Å²) in [6.07, 6.45) is 0. The molecule has 3 heterocycles. The zero-order valence-corrected chi connectivity index (χ0v) is 17.6. The maximum Gasteiger partial charge on any atom is 0.254 e. The van der Waals surface area contributed by atoms with Gasteiger partial charge in [-0.3, -0.25) is 4.79 Å². The van der Waals surface area contributed by atoms with Gasteiger partial charge in [-0.05, 0) is 48.9 Å². The topological polar surface area (TPSA) is 60.0 Å². The lowest BCUT2D eigenvalue weighted by molar-refractivity contribution is -0.917. The molecule has 29 heavy (non-hydrogen) atoms. The number of hydrogen-bond acceptors (Lipinski definition) is 5. The first kappa shape index (κ1) is 19.7. The molecule has 2 aromatic heterocycles. The Kier molecular flexibility index (Phi) is 5.97. The van der Waals surface area contributed by atoms with E-state index in [4.69, 9.17) is 9.26 Å². The number of nitrogens with one attached hydrogen (secondary N) is 1. The van der Waals surface area contributed by atoms with Crippen LogP contribution in [0.15, 0.2) is 45.6 Å². The molecule has 4 rings (SSSR count). The second kappa shape index (κ2) is 8.80. The predicted molar refractivity (Wildman–Crippen MR) is 111 cm³/mol. The van der Waals surface area contributed by atoms with Crippen LogP contribution in [-0.2, 0) is 13.2 Å². The van der Waals surface area contributed by atoms with Gasteiger partial charge < -0.3 is 19.1 Å². The monoisotopic (exact) mass is 412 g/mol. The van der Waals surface area contributed by atoms with Gasteiger partial charge in [0.05, 0.1) is 37.4 Å². The summed E-state index contributed by atoms with van der Waals surface area (Å²) >= 11 is 1.74. The highest BCUT2D eigenvalue weighted by Gasteiger charge is 2.25. The summed E-state index contributed by atoms with van der Waals surface area (Å²) in [6, 6.07) is 9.61. The van der Waals surface area contributed by atoms with Gasteiger partial charge in [0.25, 0.3) is 5.91 Å². The Labute approximate surface area is 174 Å². The summed E-state index contributed by atoms with van der Waals surface area (Å²) in [7, 11) is 0. The molecular formula is C22H26N3O3S+. The van der Waals surface area contributed by atoms with E-state index in [0.29, 0.717) is 17.9 Å². The molecule has 0 radical (unpaired) electrons. The smallest absolute Gasteiger partial charge is 0.254 e. The SMILES string of the molecule is Cc1noc(C)c1COc1cccc(C(=O)N2CC[NH+](Cc3ccsc3)CC2)c1. The molecule has 7 heteroatoms. The van der Waals surface area contributed by atoms with Crippen LogP contribution in [0.25, 0.3) is 0 Å². The maximum atomic E-state index is 13.0. The molecule has 0 spiro atoms. The Hall–Kier alpha value is -2.64. The van der Waals surface area contributed by atoms with E-state index in [1.807, 2.05) is 43.0 Å². The van der Waals surface area contributed by atoms with Crippen LogP contribution in [0.5, 0.6) is 5.75 Å². The van der Waals surface area contributed by atoms with Crippen molar-refractivity contribution >= 4 is 17.2 Å². The van der Waals surface area contributed by atoms with Gasteiger partial charge in [-0.1, -0.05) is 11.2 Å². The molecule has 0 saturated carbocycles. The van der Waals surface area contributed by atoms with E-state index >= 15 is 0 Å².